The van der Waals surface area contributed by atoms with E-state index in [1.807, 2.05) is 14.0 Å². The van der Waals surface area contributed by atoms with E-state index in [0.29, 0.717) is 19.2 Å². The van der Waals surface area contributed by atoms with Crippen LogP contribution < -0.4 is 5.32 Å². The number of nitrogens with one attached hydrogen (secondary N) is 1. The molecule has 1 atom stereocenters. The van der Waals surface area contributed by atoms with E-state index < -0.39 is 6.10 Å². The van der Waals surface area contributed by atoms with Crippen LogP contribution in [-0.4, -0.2) is 30.0 Å². The van der Waals surface area contributed by atoms with Gasteiger partial charge in [-0.2, -0.15) is 0 Å². The second kappa shape index (κ2) is 7.49. The molecular formula is C14H27NO2Ti. The van der Waals surface area contributed by atoms with Crippen molar-refractivity contribution in [3.63, 3.8) is 0 Å². The van der Waals surface area contributed by atoms with Crippen LogP contribution >= 0.6 is 0 Å². The Labute approximate surface area is 120 Å². The molecule has 0 bridgehead atoms. The summed E-state index contributed by atoms with van der Waals surface area (Å²) < 4.78 is 0. The summed E-state index contributed by atoms with van der Waals surface area (Å²) in [6.07, 6.45) is -0.788. The molecule has 4 heteroatoms. The first-order valence-electron chi connectivity index (χ1n) is 6.27. The number of hydrogen-bond acceptors (Lipinski definition) is 3. The predicted octanol–water partition coefficient (Wildman–Crippen LogP) is 2.35. The Balaban J connectivity index is 0.000000873. The monoisotopic (exact) mass is 289 g/mol. The fraction of sp³-hybridized carbons (Fsp3) is 0.714. The van der Waals surface area contributed by atoms with Gasteiger partial charge >= 0.3 is 29.6 Å². The average molecular weight is 289 g/mol. The van der Waals surface area contributed by atoms with Gasteiger partial charge in [0.05, 0.1) is 6.61 Å². The second-order valence-corrected chi connectivity index (χ2v) is 6.67. The summed E-state index contributed by atoms with van der Waals surface area (Å²) >= 11 is 0.500. The average Bonchev–Trinajstić information content (AvgIpc) is 2.49. The van der Waals surface area contributed by atoms with E-state index in [-0.39, 0.29) is 12.0 Å². The minimum absolute atomic E-state index is 0.0791. The zero-order valence-electron chi connectivity index (χ0n) is 12.7. The summed E-state index contributed by atoms with van der Waals surface area (Å²) in [6, 6.07) is 0. The van der Waals surface area contributed by atoms with Crippen LogP contribution in [0, 0.1) is 5.41 Å². The van der Waals surface area contributed by atoms with Gasteiger partial charge < -0.3 is 15.5 Å². The summed E-state index contributed by atoms with van der Waals surface area (Å²) in [7, 11) is 1.85. The van der Waals surface area contributed by atoms with Gasteiger partial charge in [-0.15, -0.1) is 0 Å². The van der Waals surface area contributed by atoms with Crippen molar-refractivity contribution in [2.45, 2.75) is 44.3 Å². The second-order valence-electron chi connectivity index (χ2n) is 5.11. The van der Waals surface area contributed by atoms with Crippen molar-refractivity contribution in [1.82, 2.24) is 5.32 Å². The molecule has 0 aromatic rings. The Morgan fingerprint density at radius 2 is 1.72 bits per heavy atom. The van der Waals surface area contributed by atoms with Crippen molar-refractivity contribution in [1.29, 1.82) is 0 Å². The van der Waals surface area contributed by atoms with Crippen molar-refractivity contribution < 1.29 is 29.4 Å². The van der Waals surface area contributed by atoms with Crippen LogP contribution in [0.5, 0.6) is 0 Å². The molecule has 0 saturated heterocycles. The zero-order valence-corrected chi connectivity index (χ0v) is 14.2. The Morgan fingerprint density at radius 3 is 2.06 bits per heavy atom. The van der Waals surface area contributed by atoms with Gasteiger partial charge in [0.1, 0.15) is 6.10 Å². The normalized spacial score (nSPS) is 19.4. The molecule has 18 heavy (non-hydrogen) atoms. The van der Waals surface area contributed by atoms with E-state index in [2.05, 4.69) is 36.5 Å². The number of aliphatic hydroxyl groups excluding tert-OH is 2. The van der Waals surface area contributed by atoms with Crippen LogP contribution in [0.3, 0.4) is 0 Å². The third-order valence-corrected chi connectivity index (χ3v) is 3.55. The van der Waals surface area contributed by atoms with Gasteiger partial charge in [0.25, 0.3) is 0 Å². The van der Waals surface area contributed by atoms with Gasteiger partial charge in [0, 0.05) is 23.7 Å². The quantitative estimate of drug-likeness (QED) is 0.699. The molecule has 0 unspecified atom stereocenters. The van der Waals surface area contributed by atoms with Crippen LogP contribution in [-0.2, 0) is 19.2 Å². The fourth-order valence-corrected chi connectivity index (χ4v) is 2.34. The van der Waals surface area contributed by atoms with Crippen LogP contribution in [0.1, 0.15) is 27.7 Å². The van der Waals surface area contributed by atoms with Crippen molar-refractivity contribution >= 4 is 0 Å². The van der Waals surface area contributed by atoms with Crippen molar-refractivity contribution in [2.24, 2.45) is 5.41 Å². The van der Waals surface area contributed by atoms with Gasteiger partial charge in [0.15, 0.2) is 0 Å². The van der Waals surface area contributed by atoms with Crippen LogP contribution in [0.25, 0.3) is 0 Å². The van der Waals surface area contributed by atoms with Gasteiger partial charge in [-0.25, -0.2) is 0 Å². The zero-order chi connectivity index (χ0) is 14.5. The van der Waals surface area contributed by atoms with Crippen molar-refractivity contribution in [3.05, 3.63) is 22.4 Å². The van der Waals surface area contributed by atoms with Crippen LogP contribution in [0.2, 0.25) is 10.5 Å². The Morgan fingerprint density at radius 1 is 1.28 bits per heavy atom. The molecule has 3 N–H and O–H groups in total. The maximum atomic E-state index is 9.80. The van der Waals surface area contributed by atoms with Gasteiger partial charge in [-0.3, -0.25) is 0 Å². The first kappa shape index (κ1) is 17.9. The summed E-state index contributed by atoms with van der Waals surface area (Å²) in [5, 5.41) is 26.5. The van der Waals surface area contributed by atoms with E-state index in [1.165, 1.54) is 5.57 Å². The van der Waals surface area contributed by atoms with Crippen LogP contribution in [0.15, 0.2) is 22.4 Å². The standard InChI is InChI=1S/C12H21NO2.2CH3.Ti/c1-7-8(2)12(3,4)11(13-5)10(7)9(15)6-14;;;/h9,13-15H,6H2,1-5H3;2*1H3;/t9-;;;/m0.../s1. The topological polar surface area (TPSA) is 52.5 Å². The molecule has 0 fully saturated rings. The molecule has 1 aliphatic rings. The fourth-order valence-electron chi connectivity index (χ4n) is 2.34. The van der Waals surface area contributed by atoms with E-state index in [4.69, 9.17) is 5.11 Å². The molecule has 3 nitrogen and oxygen atoms in total. The summed E-state index contributed by atoms with van der Waals surface area (Å²) in [4.78, 5) is 0. The number of hydrogen-bond donors (Lipinski definition) is 3. The van der Waals surface area contributed by atoms with E-state index >= 15 is 0 Å². The van der Waals surface area contributed by atoms with Gasteiger partial charge in [-0.05, 0) is 19.4 Å². The molecule has 0 aromatic carbocycles. The Hall–Kier alpha value is -0.0857. The Kier molecular flexibility index (Phi) is 7.45. The van der Waals surface area contributed by atoms with Gasteiger partial charge in [-0.1, -0.05) is 19.4 Å². The number of aliphatic hydroxyl groups is 2. The molecule has 0 amide bonds. The van der Waals surface area contributed by atoms with Crippen molar-refractivity contribution in [2.75, 3.05) is 13.7 Å². The Bertz CT molecular complexity index is 346. The molecule has 1 rings (SSSR count). The molecule has 0 spiro atoms. The van der Waals surface area contributed by atoms with E-state index in [1.54, 1.807) is 0 Å². The molecule has 0 aromatic heterocycles. The van der Waals surface area contributed by atoms with Gasteiger partial charge in [0.2, 0.25) is 0 Å². The number of allylic oxidation sites excluding steroid dienone is 1. The molecule has 0 heterocycles. The summed E-state index contributed by atoms with van der Waals surface area (Å²) in [6.45, 7) is 8.07. The maximum absolute atomic E-state index is 9.80. The first-order valence-corrected chi connectivity index (χ1v) is 9.39. The SMILES string of the molecule is CNC1=C([C@@H](O)CO)C(C)=C(C)C1(C)C.[CH3][Ti][CH3]. The van der Waals surface area contributed by atoms with Crippen molar-refractivity contribution in [3.8, 4) is 0 Å². The molecule has 0 radical (unpaired) electrons. The third-order valence-electron chi connectivity index (χ3n) is 3.55. The molecular weight excluding hydrogens is 262 g/mol. The molecule has 0 saturated carbocycles. The van der Waals surface area contributed by atoms with Crippen LogP contribution in [0.4, 0.5) is 0 Å². The molecule has 104 valence electrons. The third kappa shape index (κ3) is 3.48. The summed E-state index contributed by atoms with van der Waals surface area (Å²) in [5.74, 6) is 0. The van der Waals surface area contributed by atoms with E-state index in [0.717, 1.165) is 16.8 Å². The van der Waals surface area contributed by atoms with E-state index in [9.17, 15) is 5.11 Å². The number of rotatable bonds is 3. The molecule has 1 aliphatic carbocycles. The first-order chi connectivity index (χ1) is 8.29. The molecule has 0 aliphatic heterocycles. The predicted molar refractivity (Wildman–Crippen MR) is 73.1 cm³/mol. The minimum atomic E-state index is -0.788. The summed E-state index contributed by atoms with van der Waals surface area (Å²) in [5.41, 5.74) is 4.12.